The molecule has 2 fully saturated rings. The molecular weight excluding hydrogens is 208 g/mol. The summed E-state index contributed by atoms with van der Waals surface area (Å²) < 4.78 is 4.68. The fourth-order valence-electron chi connectivity index (χ4n) is 3.73. The van der Waals surface area contributed by atoms with Crippen molar-refractivity contribution in [3.05, 3.63) is 0 Å². The van der Waals surface area contributed by atoms with Crippen molar-refractivity contribution in [2.75, 3.05) is 7.11 Å². The zero-order valence-electron chi connectivity index (χ0n) is 9.57. The summed E-state index contributed by atoms with van der Waals surface area (Å²) in [5.74, 6) is 0.0209. The lowest BCUT2D eigenvalue weighted by Crippen LogP contribution is -2.48. The van der Waals surface area contributed by atoms with Gasteiger partial charge in [0, 0.05) is 0 Å². The van der Waals surface area contributed by atoms with E-state index in [4.69, 9.17) is 5.11 Å². The van der Waals surface area contributed by atoms with Crippen molar-refractivity contribution in [2.45, 2.75) is 38.5 Å². The zero-order valence-corrected chi connectivity index (χ0v) is 9.57. The van der Waals surface area contributed by atoms with Crippen LogP contribution in [0.1, 0.15) is 38.5 Å². The third-order valence-corrected chi connectivity index (χ3v) is 4.34. The quantitative estimate of drug-likeness (QED) is 0.743. The highest BCUT2D eigenvalue weighted by Gasteiger charge is 2.56. The number of hydrogen-bond donors (Lipinski definition) is 1. The Morgan fingerprint density at radius 1 is 1.38 bits per heavy atom. The Balaban J connectivity index is 2.08. The van der Waals surface area contributed by atoms with E-state index in [0.717, 1.165) is 12.8 Å². The fraction of sp³-hybridized carbons (Fsp3) is 0.833. The molecule has 0 radical (unpaired) electrons. The average Bonchev–Trinajstić information content (AvgIpc) is 2.59. The Morgan fingerprint density at radius 3 is 2.69 bits per heavy atom. The van der Waals surface area contributed by atoms with Crippen LogP contribution >= 0.6 is 0 Å². The monoisotopic (exact) mass is 226 g/mol. The molecule has 90 valence electrons. The predicted molar refractivity (Wildman–Crippen MR) is 56.8 cm³/mol. The highest BCUT2D eigenvalue weighted by Crippen LogP contribution is 2.62. The largest absolute Gasteiger partial charge is 0.481 e. The molecule has 0 amide bonds. The summed E-state index contributed by atoms with van der Waals surface area (Å²) in [6.07, 6.45) is 4.74. The molecule has 3 atom stereocenters. The molecule has 0 aliphatic heterocycles. The van der Waals surface area contributed by atoms with E-state index >= 15 is 0 Å². The van der Waals surface area contributed by atoms with E-state index in [2.05, 4.69) is 4.74 Å². The van der Waals surface area contributed by atoms with Gasteiger partial charge in [-0.1, -0.05) is 12.8 Å². The van der Waals surface area contributed by atoms with Crippen molar-refractivity contribution in [1.82, 2.24) is 0 Å². The first-order chi connectivity index (χ1) is 7.57. The van der Waals surface area contributed by atoms with Gasteiger partial charge in [0.1, 0.15) is 0 Å². The normalized spacial score (nSPS) is 36.3. The van der Waals surface area contributed by atoms with E-state index in [-0.39, 0.29) is 24.2 Å². The summed E-state index contributed by atoms with van der Waals surface area (Å²) in [7, 11) is 1.36. The van der Waals surface area contributed by atoms with Crippen LogP contribution in [0.3, 0.4) is 0 Å². The van der Waals surface area contributed by atoms with Gasteiger partial charge in [-0.05, 0) is 30.1 Å². The lowest BCUT2D eigenvalue weighted by Gasteiger charge is -2.51. The van der Waals surface area contributed by atoms with Gasteiger partial charge < -0.3 is 9.84 Å². The molecule has 4 nitrogen and oxygen atoms in total. The smallest absolute Gasteiger partial charge is 0.306 e. The summed E-state index contributed by atoms with van der Waals surface area (Å²) in [5.41, 5.74) is -0.305. The van der Waals surface area contributed by atoms with Crippen LogP contribution < -0.4 is 0 Å². The van der Waals surface area contributed by atoms with E-state index in [1.165, 1.54) is 20.0 Å². The lowest BCUT2D eigenvalue weighted by atomic mass is 9.52. The Hall–Kier alpha value is -1.06. The molecule has 0 aromatic heterocycles. The maximum atomic E-state index is 11.4. The minimum atomic E-state index is -0.797. The second-order valence-corrected chi connectivity index (χ2v) is 5.19. The maximum absolute atomic E-state index is 11.4. The van der Waals surface area contributed by atoms with Gasteiger partial charge in [-0.15, -0.1) is 0 Å². The number of aliphatic carboxylic acids is 1. The van der Waals surface area contributed by atoms with Crippen molar-refractivity contribution in [3.8, 4) is 0 Å². The van der Waals surface area contributed by atoms with Gasteiger partial charge in [0.15, 0.2) is 0 Å². The van der Waals surface area contributed by atoms with Crippen molar-refractivity contribution in [2.24, 2.45) is 17.3 Å². The van der Waals surface area contributed by atoms with E-state index in [1.807, 2.05) is 0 Å². The standard InChI is InChI=1S/C12H18O4/c1-16-11(15)7-12(6-10(13)14)5-8-3-2-4-9(8)12/h8-9H,2-7H2,1H3,(H,13,14)/t8-,9-,12+/m1/s1. The third kappa shape index (κ3) is 1.81. The molecule has 2 saturated carbocycles. The molecule has 4 heteroatoms. The van der Waals surface area contributed by atoms with Crippen LogP contribution in [0.25, 0.3) is 0 Å². The van der Waals surface area contributed by atoms with Crippen LogP contribution in [-0.4, -0.2) is 24.2 Å². The van der Waals surface area contributed by atoms with Gasteiger partial charge in [0.05, 0.1) is 20.0 Å². The fourth-order valence-corrected chi connectivity index (χ4v) is 3.73. The molecule has 0 heterocycles. The molecule has 1 N–H and O–H groups in total. The van der Waals surface area contributed by atoms with Crippen LogP contribution in [0.15, 0.2) is 0 Å². The van der Waals surface area contributed by atoms with E-state index in [9.17, 15) is 9.59 Å². The van der Waals surface area contributed by atoms with E-state index in [1.54, 1.807) is 0 Å². The summed E-state index contributed by atoms with van der Waals surface area (Å²) in [6, 6.07) is 0. The number of carbonyl (C=O) groups excluding carboxylic acids is 1. The lowest BCUT2D eigenvalue weighted by molar-refractivity contribution is -0.156. The summed E-state index contributed by atoms with van der Waals surface area (Å²) in [4.78, 5) is 22.3. The Bertz CT molecular complexity index is 312. The summed E-state index contributed by atoms with van der Waals surface area (Å²) >= 11 is 0. The Kier molecular flexibility index (Phi) is 2.91. The molecule has 0 spiro atoms. The van der Waals surface area contributed by atoms with Gasteiger partial charge in [-0.2, -0.15) is 0 Å². The molecule has 2 rings (SSSR count). The zero-order chi connectivity index (χ0) is 11.8. The minimum Gasteiger partial charge on any atom is -0.481 e. The van der Waals surface area contributed by atoms with Crippen LogP contribution in [0.4, 0.5) is 0 Å². The molecule has 0 aromatic carbocycles. The van der Waals surface area contributed by atoms with Crippen LogP contribution in [0, 0.1) is 17.3 Å². The first-order valence-electron chi connectivity index (χ1n) is 5.86. The van der Waals surface area contributed by atoms with Gasteiger partial charge in [-0.3, -0.25) is 9.59 Å². The average molecular weight is 226 g/mol. The number of hydrogen-bond acceptors (Lipinski definition) is 3. The van der Waals surface area contributed by atoms with Crippen molar-refractivity contribution in [3.63, 3.8) is 0 Å². The number of rotatable bonds is 4. The number of carboxylic acids is 1. The van der Waals surface area contributed by atoms with Gasteiger partial charge in [-0.25, -0.2) is 0 Å². The summed E-state index contributed by atoms with van der Waals surface area (Å²) in [6.45, 7) is 0. The molecule has 0 saturated heterocycles. The van der Waals surface area contributed by atoms with Gasteiger partial charge >= 0.3 is 11.9 Å². The van der Waals surface area contributed by atoms with E-state index < -0.39 is 5.97 Å². The van der Waals surface area contributed by atoms with Crippen molar-refractivity contribution in [1.29, 1.82) is 0 Å². The van der Waals surface area contributed by atoms with Crippen molar-refractivity contribution < 1.29 is 19.4 Å². The van der Waals surface area contributed by atoms with Gasteiger partial charge in [0.2, 0.25) is 0 Å². The number of methoxy groups -OCH3 is 1. The molecule has 2 aliphatic carbocycles. The van der Waals surface area contributed by atoms with Crippen LogP contribution in [-0.2, 0) is 14.3 Å². The number of esters is 1. The summed E-state index contributed by atoms with van der Waals surface area (Å²) in [5, 5.41) is 8.97. The number of ether oxygens (including phenoxy) is 1. The number of carboxylic acid groups (broad SMARTS) is 1. The molecule has 0 aromatic rings. The predicted octanol–water partition coefficient (Wildman–Crippen LogP) is 1.83. The third-order valence-electron chi connectivity index (χ3n) is 4.34. The first-order valence-corrected chi connectivity index (χ1v) is 5.86. The molecule has 16 heavy (non-hydrogen) atoms. The van der Waals surface area contributed by atoms with Crippen LogP contribution in [0.2, 0.25) is 0 Å². The number of carbonyl (C=O) groups is 2. The number of fused-ring (bicyclic) bond motifs is 1. The van der Waals surface area contributed by atoms with Gasteiger partial charge in [0.25, 0.3) is 0 Å². The molecule has 2 aliphatic rings. The molecule has 0 bridgehead atoms. The maximum Gasteiger partial charge on any atom is 0.306 e. The molecule has 0 unspecified atom stereocenters. The van der Waals surface area contributed by atoms with Crippen LogP contribution in [0.5, 0.6) is 0 Å². The highest BCUT2D eigenvalue weighted by atomic mass is 16.5. The Morgan fingerprint density at radius 2 is 2.12 bits per heavy atom. The SMILES string of the molecule is COC(=O)C[C@@]1(CC(=O)O)C[C@H]2CCC[C@H]21. The Labute approximate surface area is 95.0 Å². The second-order valence-electron chi connectivity index (χ2n) is 5.19. The highest BCUT2D eigenvalue weighted by molar-refractivity contribution is 5.73. The van der Waals surface area contributed by atoms with Crippen molar-refractivity contribution >= 4 is 11.9 Å². The molecular formula is C12H18O4. The second kappa shape index (κ2) is 4.07. The first kappa shape index (κ1) is 11.4. The topological polar surface area (TPSA) is 63.6 Å². The minimum absolute atomic E-state index is 0.114. The van der Waals surface area contributed by atoms with E-state index in [0.29, 0.717) is 11.8 Å².